The van der Waals surface area contributed by atoms with Crippen LogP contribution in [0, 0.1) is 17.3 Å². The van der Waals surface area contributed by atoms with Crippen LogP contribution in [0.1, 0.15) is 59.3 Å². The third-order valence-electron chi connectivity index (χ3n) is 11.1. The van der Waals surface area contributed by atoms with Crippen molar-refractivity contribution in [2.45, 2.75) is 70.4 Å². The summed E-state index contributed by atoms with van der Waals surface area (Å²) >= 11 is 0. The molecular weight excluding hydrogens is 586 g/mol. The molecule has 4 bridgehead atoms. The van der Waals surface area contributed by atoms with Crippen molar-refractivity contribution in [1.82, 2.24) is 19.9 Å². The Morgan fingerprint density at radius 1 is 0.933 bits per heavy atom. The molecule has 4 aliphatic carbocycles. The number of para-hydroxylation sites is 2. The standard InChI is InChI=1S/C34H49N7O3S/c1-32(2,3)39-13-11-38(12-14-39)27-9-10-30(35-22-27)40-15-16-41(29-8-6-5-7-28(29)40)31(42)37-34-20-25-17-26(21-34)19-33(18-25,23-34)24-36-45(4,43)44/h5-10,22,25-26,36H,11-21,23-24H2,1-4H3,(H,37,42). The first-order valence-electron chi connectivity index (χ1n) is 16.7. The summed E-state index contributed by atoms with van der Waals surface area (Å²) in [4.78, 5) is 28.1. The lowest BCUT2D eigenvalue weighted by Crippen LogP contribution is -2.66. The summed E-state index contributed by atoms with van der Waals surface area (Å²) in [5.74, 6) is 1.96. The maximum absolute atomic E-state index is 14.1. The molecule has 1 saturated heterocycles. The molecule has 4 saturated carbocycles. The number of nitrogens with zero attached hydrogens (tertiary/aromatic N) is 5. The Kier molecular flexibility index (Phi) is 7.60. The van der Waals surface area contributed by atoms with E-state index >= 15 is 0 Å². The molecule has 0 radical (unpaired) electrons. The summed E-state index contributed by atoms with van der Waals surface area (Å²) in [6.45, 7) is 12.6. The molecule has 2 atom stereocenters. The summed E-state index contributed by atoms with van der Waals surface area (Å²) in [6, 6.07) is 12.4. The molecule has 0 spiro atoms. The lowest BCUT2D eigenvalue weighted by molar-refractivity contribution is -0.0730. The van der Waals surface area contributed by atoms with Gasteiger partial charge in [-0.1, -0.05) is 12.1 Å². The van der Waals surface area contributed by atoms with E-state index < -0.39 is 10.0 Å². The van der Waals surface area contributed by atoms with Crippen LogP contribution >= 0.6 is 0 Å². The molecule has 1 aromatic carbocycles. The first-order chi connectivity index (χ1) is 21.3. The molecule has 2 amide bonds. The van der Waals surface area contributed by atoms with E-state index in [4.69, 9.17) is 4.98 Å². The number of hydrogen-bond acceptors (Lipinski definition) is 7. The maximum atomic E-state index is 14.1. The highest BCUT2D eigenvalue weighted by atomic mass is 32.2. The summed E-state index contributed by atoms with van der Waals surface area (Å²) in [5.41, 5.74) is 2.87. The van der Waals surface area contributed by atoms with Crippen LogP contribution in [0.3, 0.4) is 0 Å². The summed E-state index contributed by atoms with van der Waals surface area (Å²) < 4.78 is 26.7. The number of fused-ring (bicyclic) bond motifs is 1. The van der Waals surface area contributed by atoms with Crippen molar-refractivity contribution in [3.63, 3.8) is 0 Å². The van der Waals surface area contributed by atoms with Gasteiger partial charge < -0.3 is 15.1 Å². The van der Waals surface area contributed by atoms with Crippen molar-refractivity contribution in [3.05, 3.63) is 42.6 Å². The summed E-state index contributed by atoms with van der Waals surface area (Å²) in [5, 5.41) is 3.53. The van der Waals surface area contributed by atoms with Crippen LogP contribution < -0.4 is 24.7 Å². The van der Waals surface area contributed by atoms with Gasteiger partial charge in [-0.25, -0.2) is 22.9 Å². The predicted octanol–water partition coefficient (Wildman–Crippen LogP) is 4.56. The molecule has 1 aromatic heterocycles. The number of pyridine rings is 1. The molecule has 2 aromatic rings. The molecule has 6 aliphatic rings. The Hall–Kier alpha value is -2.89. The Morgan fingerprint density at radius 2 is 1.62 bits per heavy atom. The number of benzene rings is 1. The van der Waals surface area contributed by atoms with Gasteiger partial charge in [0.2, 0.25) is 10.0 Å². The highest BCUT2D eigenvalue weighted by Crippen LogP contribution is 2.61. The Morgan fingerprint density at radius 3 is 2.24 bits per heavy atom. The van der Waals surface area contributed by atoms with Crippen LogP contribution in [0.25, 0.3) is 0 Å². The number of rotatable bonds is 6. The fraction of sp³-hybridized carbons (Fsp3) is 0.647. The van der Waals surface area contributed by atoms with E-state index in [2.05, 4.69) is 63.7 Å². The van der Waals surface area contributed by atoms with Gasteiger partial charge in [0.05, 0.1) is 29.5 Å². The van der Waals surface area contributed by atoms with E-state index in [1.807, 2.05) is 29.3 Å². The van der Waals surface area contributed by atoms with E-state index in [-0.39, 0.29) is 22.5 Å². The normalized spacial score (nSPS) is 30.0. The average Bonchev–Trinajstić information content (AvgIpc) is 2.98. The number of urea groups is 1. The van der Waals surface area contributed by atoms with Crippen molar-refractivity contribution in [3.8, 4) is 0 Å². The van der Waals surface area contributed by atoms with Crippen molar-refractivity contribution >= 4 is 38.9 Å². The van der Waals surface area contributed by atoms with Gasteiger partial charge >= 0.3 is 6.03 Å². The molecule has 2 N–H and O–H groups in total. The third-order valence-corrected chi connectivity index (χ3v) is 11.8. The van der Waals surface area contributed by atoms with Crippen LogP contribution in [-0.2, 0) is 10.0 Å². The first-order valence-corrected chi connectivity index (χ1v) is 18.6. The van der Waals surface area contributed by atoms with E-state index in [9.17, 15) is 13.2 Å². The minimum Gasteiger partial charge on any atom is -0.368 e. The molecule has 5 fully saturated rings. The minimum atomic E-state index is -3.26. The van der Waals surface area contributed by atoms with Crippen LogP contribution in [0.2, 0.25) is 0 Å². The van der Waals surface area contributed by atoms with Gasteiger partial charge in [0.25, 0.3) is 0 Å². The summed E-state index contributed by atoms with van der Waals surface area (Å²) in [6.07, 6.45) is 9.32. The zero-order chi connectivity index (χ0) is 31.6. The SMILES string of the molecule is CC(C)(C)N1CCN(c2ccc(N3CCN(C(=O)NC45CC6CC(CC(CNS(C)(=O)=O)(C6)C4)C5)c4ccccc43)nc2)CC1. The van der Waals surface area contributed by atoms with Gasteiger partial charge in [-0.05, 0) is 101 Å². The minimum absolute atomic E-state index is 0.0482. The number of carbonyl (C=O) groups excluding carboxylic acids is 1. The Labute approximate surface area is 268 Å². The van der Waals surface area contributed by atoms with Gasteiger partial charge in [0, 0.05) is 56.9 Å². The average molecular weight is 636 g/mol. The van der Waals surface area contributed by atoms with Gasteiger partial charge in [0.15, 0.2) is 0 Å². The maximum Gasteiger partial charge on any atom is 0.322 e. The number of piperazine rings is 1. The largest absolute Gasteiger partial charge is 0.368 e. The quantitative estimate of drug-likeness (QED) is 0.480. The third kappa shape index (κ3) is 6.15. The number of nitrogens with one attached hydrogen (secondary N) is 2. The number of carbonyl (C=O) groups is 1. The van der Waals surface area contributed by atoms with Gasteiger partial charge in [0.1, 0.15) is 5.82 Å². The Balaban J connectivity index is 1.05. The van der Waals surface area contributed by atoms with Crippen molar-refractivity contribution in [2.75, 3.05) is 66.8 Å². The number of anilines is 4. The molecule has 10 nitrogen and oxygen atoms in total. The fourth-order valence-corrected chi connectivity index (χ4v) is 10.1. The zero-order valence-corrected chi connectivity index (χ0v) is 28.1. The number of aromatic nitrogens is 1. The second-order valence-electron chi connectivity index (χ2n) is 15.6. The van der Waals surface area contributed by atoms with E-state index in [0.29, 0.717) is 31.5 Å². The van der Waals surface area contributed by atoms with Gasteiger partial charge in [-0.3, -0.25) is 9.80 Å². The van der Waals surface area contributed by atoms with Crippen LogP contribution in [0.5, 0.6) is 0 Å². The molecule has 3 heterocycles. The second-order valence-corrected chi connectivity index (χ2v) is 17.4. The smallest absolute Gasteiger partial charge is 0.322 e. The van der Waals surface area contributed by atoms with Crippen LogP contribution in [0.15, 0.2) is 42.6 Å². The topological polar surface area (TPSA) is 101 Å². The van der Waals surface area contributed by atoms with Crippen LogP contribution in [-0.4, -0.2) is 87.5 Å². The fourth-order valence-electron chi connectivity index (χ4n) is 9.55. The van der Waals surface area contributed by atoms with Crippen molar-refractivity contribution in [1.29, 1.82) is 0 Å². The lowest BCUT2D eigenvalue weighted by Gasteiger charge is -2.62. The van der Waals surface area contributed by atoms with Gasteiger partial charge in [-0.15, -0.1) is 0 Å². The van der Waals surface area contributed by atoms with E-state index in [0.717, 1.165) is 81.2 Å². The first kappa shape index (κ1) is 30.7. The predicted molar refractivity (Wildman–Crippen MR) is 180 cm³/mol. The monoisotopic (exact) mass is 635 g/mol. The van der Waals surface area contributed by atoms with Crippen LogP contribution in [0.4, 0.5) is 27.7 Å². The zero-order valence-electron chi connectivity index (χ0n) is 27.3. The highest BCUT2D eigenvalue weighted by molar-refractivity contribution is 7.88. The lowest BCUT2D eigenvalue weighted by atomic mass is 9.47. The number of amides is 2. The second kappa shape index (κ2) is 11.1. The highest BCUT2D eigenvalue weighted by Gasteiger charge is 2.58. The summed E-state index contributed by atoms with van der Waals surface area (Å²) in [7, 11) is -3.26. The van der Waals surface area contributed by atoms with Crippen molar-refractivity contribution in [2.24, 2.45) is 17.3 Å². The molecular formula is C34H49N7O3S. The molecule has 244 valence electrons. The number of hydrogen-bond donors (Lipinski definition) is 2. The van der Waals surface area contributed by atoms with E-state index in [1.54, 1.807) is 0 Å². The van der Waals surface area contributed by atoms with Gasteiger partial charge in [-0.2, -0.15) is 0 Å². The molecule has 2 unspecified atom stereocenters. The number of sulfonamides is 1. The molecule has 8 rings (SSSR count). The van der Waals surface area contributed by atoms with E-state index in [1.165, 1.54) is 12.7 Å². The Bertz CT molecular complexity index is 1520. The van der Waals surface area contributed by atoms with Crippen molar-refractivity contribution < 1.29 is 13.2 Å². The molecule has 45 heavy (non-hydrogen) atoms. The molecule has 11 heteroatoms. The molecule has 2 aliphatic heterocycles.